The molecule has 0 unspecified atom stereocenters. The summed E-state index contributed by atoms with van der Waals surface area (Å²) in [7, 11) is 0. The number of alkyl halides is 1. The first-order chi connectivity index (χ1) is 4.70. The van der Waals surface area contributed by atoms with Crippen LogP contribution in [0.4, 0.5) is 0 Å². The van der Waals surface area contributed by atoms with Gasteiger partial charge >= 0.3 is 0 Å². The third-order valence-electron chi connectivity index (χ3n) is 0.985. The first-order valence-corrected chi connectivity index (χ1v) is 3.77. The molecule has 0 aliphatic heterocycles. The minimum absolute atomic E-state index is 0.478. The molecule has 58 valence electrons. The van der Waals surface area contributed by atoms with Gasteiger partial charge in [0, 0.05) is 12.3 Å². The maximum Gasteiger partial charge on any atom is 0.0928 e. The molecular formula is C8H13ClO. The molecule has 0 bridgehead atoms. The molecule has 0 rings (SSSR count). The fraction of sp³-hybridized carbons (Fsp3) is 0.500. The molecule has 0 aliphatic carbocycles. The van der Waals surface area contributed by atoms with E-state index in [1.807, 2.05) is 6.92 Å². The molecule has 0 fully saturated rings. The van der Waals surface area contributed by atoms with Gasteiger partial charge in [-0.2, -0.15) is 0 Å². The van der Waals surface area contributed by atoms with E-state index >= 15 is 0 Å². The minimum Gasteiger partial charge on any atom is -0.499 e. The predicted molar refractivity (Wildman–Crippen MR) is 45.2 cm³/mol. The molecule has 0 spiro atoms. The molecule has 0 saturated carbocycles. The van der Waals surface area contributed by atoms with Gasteiger partial charge in [0.25, 0.3) is 0 Å². The average Bonchev–Trinajstić information content (AvgIpc) is 1.88. The Morgan fingerprint density at radius 2 is 2.10 bits per heavy atom. The first-order valence-electron chi connectivity index (χ1n) is 3.23. The average molecular weight is 161 g/mol. The van der Waals surface area contributed by atoms with Crippen LogP contribution in [0.2, 0.25) is 0 Å². The molecule has 0 atom stereocenters. The molecule has 0 amide bonds. The summed E-state index contributed by atoms with van der Waals surface area (Å²) in [5.41, 5.74) is 0.945. The summed E-state index contributed by atoms with van der Waals surface area (Å²) in [6.07, 6.45) is 0.678. The van der Waals surface area contributed by atoms with E-state index in [1.165, 1.54) is 0 Å². The topological polar surface area (TPSA) is 9.23 Å². The second kappa shape index (κ2) is 5.36. The van der Waals surface area contributed by atoms with E-state index in [0.717, 1.165) is 11.3 Å². The van der Waals surface area contributed by atoms with Crippen LogP contribution in [0.15, 0.2) is 24.5 Å². The first kappa shape index (κ1) is 9.57. The van der Waals surface area contributed by atoms with Crippen LogP contribution in [0.3, 0.4) is 0 Å². The summed E-state index contributed by atoms with van der Waals surface area (Å²) in [6, 6.07) is 0. The molecular weight excluding hydrogens is 148 g/mol. The summed E-state index contributed by atoms with van der Waals surface area (Å²) in [5, 5.41) is 0. The number of rotatable bonds is 5. The Balaban J connectivity index is 3.47. The third kappa shape index (κ3) is 4.45. The van der Waals surface area contributed by atoms with Gasteiger partial charge in [0.05, 0.1) is 12.4 Å². The molecule has 0 aromatic rings. The minimum atomic E-state index is 0.478. The smallest absolute Gasteiger partial charge is 0.0928 e. The second-order valence-electron chi connectivity index (χ2n) is 2.03. The number of halogens is 1. The van der Waals surface area contributed by atoms with Gasteiger partial charge < -0.3 is 4.74 Å². The Morgan fingerprint density at radius 3 is 2.50 bits per heavy atom. The Kier molecular flexibility index (Phi) is 5.13. The van der Waals surface area contributed by atoms with Crippen molar-refractivity contribution < 1.29 is 4.74 Å². The zero-order valence-electron chi connectivity index (χ0n) is 6.32. The summed E-state index contributed by atoms with van der Waals surface area (Å²) in [6.45, 7) is 10.00. The van der Waals surface area contributed by atoms with Crippen molar-refractivity contribution >= 4 is 11.6 Å². The van der Waals surface area contributed by atoms with Gasteiger partial charge in [-0.3, -0.25) is 0 Å². The van der Waals surface area contributed by atoms with Gasteiger partial charge in [-0.15, -0.1) is 11.6 Å². The highest BCUT2D eigenvalue weighted by molar-refractivity contribution is 6.19. The molecule has 1 nitrogen and oxygen atoms in total. The highest BCUT2D eigenvalue weighted by Crippen LogP contribution is 2.09. The summed E-state index contributed by atoms with van der Waals surface area (Å²) < 4.78 is 5.10. The highest BCUT2D eigenvalue weighted by atomic mass is 35.5. The van der Waals surface area contributed by atoms with Gasteiger partial charge in [0.15, 0.2) is 0 Å². The fourth-order valence-electron chi connectivity index (χ4n) is 0.581. The van der Waals surface area contributed by atoms with Crippen LogP contribution in [0, 0.1) is 0 Å². The number of allylic oxidation sites excluding steroid dienone is 1. The van der Waals surface area contributed by atoms with Crippen LogP contribution in [0.25, 0.3) is 0 Å². The van der Waals surface area contributed by atoms with Crippen molar-refractivity contribution in [2.75, 3.05) is 12.5 Å². The Morgan fingerprint density at radius 1 is 1.50 bits per heavy atom. The lowest BCUT2D eigenvalue weighted by Crippen LogP contribution is -1.92. The molecule has 0 heterocycles. The van der Waals surface area contributed by atoms with Gasteiger partial charge in [-0.1, -0.05) is 18.7 Å². The number of hydrogen-bond acceptors (Lipinski definition) is 1. The van der Waals surface area contributed by atoms with E-state index in [2.05, 4.69) is 13.2 Å². The molecule has 0 radical (unpaired) electrons. The van der Waals surface area contributed by atoms with Gasteiger partial charge in [-0.05, 0) is 6.92 Å². The van der Waals surface area contributed by atoms with E-state index < -0.39 is 0 Å². The van der Waals surface area contributed by atoms with Crippen LogP contribution in [-0.4, -0.2) is 12.5 Å². The zero-order chi connectivity index (χ0) is 7.98. The lowest BCUT2D eigenvalue weighted by atomic mass is 10.2. The lowest BCUT2D eigenvalue weighted by Gasteiger charge is -2.05. The SMILES string of the molecule is C=C(CCl)CC(=C)OCC. The van der Waals surface area contributed by atoms with Gasteiger partial charge in [0.2, 0.25) is 0 Å². The summed E-state index contributed by atoms with van der Waals surface area (Å²) in [5.74, 6) is 1.22. The van der Waals surface area contributed by atoms with E-state index in [9.17, 15) is 0 Å². The summed E-state index contributed by atoms with van der Waals surface area (Å²) >= 11 is 5.50. The highest BCUT2D eigenvalue weighted by Gasteiger charge is 1.95. The Labute approximate surface area is 67.3 Å². The van der Waals surface area contributed by atoms with Crippen LogP contribution < -0.4 is 0 Å². The van der Waals surface area contributed by atoms with E-state index in [0.29, 0.717) is 18.9 Å². The fourth-order valence-corrected chi connectivity index (χ4v) is 0.676. The predicted octanol–water partition coefficient (Wildman–Crippen LogP) is 2.72. The largest absolute Gasteiger partial charge is 0.499 e. The van der Waals surface area contributed by atoms with Gasteiger partial charge in [0.1, 0.15) is 0 Å². The quantitative estimate of drug-likeness (QED) is 0.342. The third-order valence-corrected chi connectivity index (χ3v) is 1.36. The van der Waals surface area contributed by atoms with Crippen molar-refractivity contribution in [2.24, 2.45) is 0 Å². The molecule has 2 heteroatoms. The van der Waals surface area contributed by atoms with Crippen molar-refractivity contribution in [3.8, 4) is 0 Å². The number of ether oxygens (including phenoxy) is 1. The molecule has 0 N–H and O–H groups in total. The molecule has 0 aromatic heterocycles. The molecule has 0 aliphatic rings. The van der Waals surface area contributed by atoms with Crippen molar-refractivity contribution in [3.63, 3.8) is 0 Å². The van der Waals surface area contributed by atoms with Crippen molar-refractivity contribution in [2.45, 2.75) is 13.3 Å². The Bertz CT molecular complexity index is 129. The number of hydrogen-bond donors (Lipinski definition) is 0. The molecule has 0 aromatic carbocycles. The van der Waals surface area contributed by atoms with Crippen LogP contribution in [0.1, 0.15) is 13.3 Å². The maximum atomic E-state index is 5.50. The zero-order valence-corrected chi connectivity index (χ0v) is 7.08. The van der Waals surface area contributed by atoms with Crippen molar-refractivity contribution in [1.82, 2.24) is 0 Å². The van der Waals surface area contributed by atoms with Crippen LogP contribution in [0.5, 0.6) is 0 Å². The maximum absolute atomic E-state index is 5.50. The Hall–Kier alpha value is -0.430. The van der Waals surface area contributed by atoms with Gasteiger partial charge in [-0.25, -0.2) is 0 Å². The van der Waals surface area contributed by atoms with Crippen molar-refractivity contribution in [3.05, 3.63) is 24.5 Å². The summed E-state index contributed by atoms with van der Waals surface area (Å²) in [4.78, 5) is 0. The van der Waals surface area contributed by atoms with Crippen LogP contribution in [-0.2, 0) is 4.74 Å². The normalized spacial score (nSPS) is 9.00. The molecule has 0 saturated heterocycles. The van der Waals surface area contributed by atoms with E-state index in [1.54, 1.807) is 0 Å². The van der Waals surface area contributed by atoms with Crippen molar-refractivity contribution in [1.29, 1.82) is 0 Å². The standard InChI is InChI=1S/C8H13ClO/c1-4-10-8(3)5-7(2)6-9/h2-6H2,1H3. The van der Waals surface area contributed by atoms with Crippen LogP contribution >= 0.6 is 11.6 Å². The lowest BCUT2D eigenvalue weighted by molar-refractivity contribution is 0.225. The monoisotopic (exact) mass is 160 g/mol. The second-order valence-corrected chi connectivity index (χ2v) is 2.30. The van der Waals surface area contributed by atoms with E-state index in [4.69, 9.17) is 16.3 Å². The molecule has 10 heavy (non-hydrogen) atoms. The van der Waals surface area contributed by atoms with E-state index in [-0.39, 0.29) is 0 Å².